The molecule has 0 bridgehead atoms. The van der Waals surface area contributed by atoms with Gasteiger partial charge in [0.05, 0.1) is 0 Å². The fourth-order valence-electron chi connectivity index (χ4n) is 2.88. The molecule has 0 saturated heterocycles. The maximum atomic E-state index is 12.8. The third-order valence-corrected chi connectivity index (χ3v) is 6.11. The van der Waals surface area contributed by atoms with Gasteiger partial charge in [-0.15, -0.1) is 0 Å². The summed E-state index contributed by atoms with van der Waals surface area (Å²) in [6.45, 7) is 1.11. The van der Waals surface area contributed by atoms with Crippen LogP contribution in [0, 0.1) is 0 Å². The smallest absolute Gasteiger partial charge is 0.247 e. The Morgan fingerprint density at radius 3 is 0.926 bits per heavy atom. The van der Waals surface area contributed by atoms with Gasteiger partial charge in [-0.3, -0.25) is 0 Å². The predicted octanol–water partition coefficient (Wildman–Crippen LogP) is 3.87. The molecule has 1 aromatic rings. The average Bonchev–Trinajstić information content (AvgIpc) is 2.66. The fraction of sp³-hybridized carbons (Fsp3) is 0.833. The van der Waals surface area contributed by atoms with Crippen LogP contribution in [0.15, 0.2) is 14.4 Å². The van der Waals surface area contributed by atoms with E-state index in [1.54, 1.807) is 0 Å². The highest BCUT2D eigenvalue weighted by Gasteiger charge is 2.15. The largest absolute Gasteiger partial charge is 0.336 e. The summed E-state index contributed by atoms with van der Waals surface area (Å²) in [5, 5.41) is 2.73. The van der Waals surface area contributed by atoms with Gasteiger partial charge in [0.15, 0.2) is 0 Å². The second kappa shape index (κ2) is 14.8. The van der Waals surface area contributed by atoms with E-state index in [1.807, 2.05) is 0 Å². The zero-order valence-electron chi connectivity index (χ0n) is 15.8. The van der Waals surface area contributed by atoms with Crippen molar-refractivity contribution < 1.29 is 0 Å². The van der Waals surface area contributed by atoms with Crippen LogP contribution in [0.25, 0.3) is 0 Å². The normalized spacial score (nSPS) is 11.2. The number of halogens is 3. The molecule has 0 aromatic carbocycles. The van der Waals surface area contributed by atoms with Crippen molar-refractivity contribution in [1.29, 1.82) is 0 Å². The Kier molecular flexibility index (Phi) is 13.6. The Morgan fingerprint density at radius 2 is 0.704 bits per heavy atom. The number of hydrogen-bond acceptors (Lipinski definition) is 3. The van der Waals surface area contributed by atoms with Gasteiger partial charge in [-0.2, -0.15) is 0 Å². The monoisotopic (exact) mass is 573 g/mol. The topological polar surface area (TPSA) is 66.0 Å². The molecule has 0 unspecified atom stereocenters. The SMILES string of the molecule is O=c1n(CCCCCBr)c(=O)n(CCCCCBr)c(=O)n1CCCCCBr. The highest BCUT2D eigenvalue weighted by atomic mass is 79.9. The molecule has 1 heterocycles. The van der Waals surface area contributed by atoms with Crippen LogP contribution >= 0.6 is 47.8 Å². The number of alkyl halides is 3. The van der Waals surface area contributed by atoms with Gasteiger partial charge >= 0.3 is 17.1 Å². The van der Waals surface area contributed by atoms with Crippen molar-refractivity contribution in [1.82, 2.24) is 13.7 Å². The first-order valence-corrected chi connectivity index (χ1v) is 13.1. The second-order valence-corrected chi connectivity index (χ2v) is 8.93. The predicted molar refractivity (Wildman–Crippen MR) is 122 cm³/mol. The summed E-state index contributed by atoms with van der Waals surface area (Å²) in [6, 6.07) is 0. The molecular formula is C18H30Br3N3O3. The van der Waals surface area contributed by atoms with Crippen molar-refractivity contribution in [2.24, 2.45) is 0 Å². The third kappa shape index (κ3) is 8.40. The van der Waals surface area contributed by atoms with Gasteiger partial charge in [-0.05, 0) is 38.5 Å². The summed E-state index contributed by atoms with van der Waals surface area (Å²) in [6.07, 6.45) is 8.08. The molecule has 0 atom stereocenters. The number of unbranched alkanes of at least 4 members (excludes halogenated alkanes) is 6. The molecule has 0 spiro atoms. The average molecular weight is 576 g/mol. The number of hydrogen-bond donors (Lipinski definition) is 0. The Hall–Kier alpha value is -0.150. The van der Waals surface area contributed by atoms with E-state index in [1.165, 1.54) is 13.7 Å². The summed E-state index contributed by atoms with van der Waals surface area (Å²) in [4.78, 5) is 38.3. The first kappa shape index (κ1) is 24.9. The Morgan fingerprint density at radius 1 is 0.444 bits per heavy atom. The molecule has 1 rings (SSSR count). The molecule has 0 radical (unpaired) electrons. The first-order valence-electron chi connectivity index (χ1n) is 9.70. The molecule has 27 heavy (non-hydrogen) atoms. The van der Waals surface area contributed by atoms with Crippen LogP contribution in [-0.4, -0.2) is 29.7 Å². The Balaban J connectivity index is 3.09. The minimum Gasteiger partial charge on any atom is -0.247 e. The Labute approximate surface area is 185 Å². The molecule has 156 valence electrons. The van der Waals surface area contributed by atoms with E-state index in [4.69, 9.17) is 0 Å². The van der Waals surface area contributed by atoms with E-state index in [9.17, 15) is 14.4 Å². The maximum absolute atomic E-state index is 12.8. The zero-order chi connectivity index (χ0) is 20.1. The molecule has 0 N–H and O–H groups in total. The number of rotatable bonds is 15. The highest BCUT2D eigenvalue weighted by molar-refractivity contribution is 9.09. The van der Waals surface area contributed by atoms with E-state index in [0.29, 0.717) is 19.6 Å². The van der Waals surface area contributed by atoms with Crippen molar-refractivity contribution in [3.05, 3.63) is 31.5 Å². The van der Waals surface area contributed by atoms with Crippen molar-refractivity contribution in [2.45, 2.75) is 77.4 Å². The number of nitrogens with zero attached hydrogens (tertiary/aromatic N) is 3. The van der Waals surface area contributed by atoms with Gasteiger partial charge in [0.25, 0.3) is 0 Å². The molecule has 0 amide bonds. The Bertz CT molecular complexity index is 587. The molecule has 9 heteroatoms. The van der Waals surface area contributed by atoms with Crippen LogP contribution in [0.5, 0.6) is 0 Å². The van der Waals surface area contributed by atoms with E-state index in [0.717, 1.165) is 73.8 Å². The van der Waals surface area contributed by atoms with E-state index < -0.39 is 17.1 Å². The van der Waals surface area contributed by atoms with E-state index in [-0.39, 0.29) is 0 Å². The number of aromatic nitrogens is 3. The summed E-state index contributed by atoms with van der Waals surface area (Å²) in [7, 11) is 0. The van der Waals surface area contributed by atoms with Gasteiger partial charge in [-0.25, -0.2) is 28.1 Å². The summed E-state index contributed by atoms with van der Waals surface area (Å²) < 4.78 is 3.76. The lowest BCUT2D eigenvalue weighted by Crippen LogP contribution is -2.54. The van der Waals surface area contributed by atoms with Crippen LogP contribution in [0.3, 0.4) is 0 Å². The van der Waals surface area contributed by atoms with E-state index in [2.05, 4.69) is 47.8 Å². The molecular weight excluding hydrogens is 546 g/mol. The highest BCUT2D eigenvalue weighted by Crippen LogP contribution is 2.02. The quantitative estimate of drug-likeness (QED) is 0.236. The van der Waals surface area contributed by atoms with Gasteiger partial charge in [0, 0.05) is 35.6 Å². The molecule has 0 aliphatic rings. The minimum absolute atomic E-state index is 0.369. The van der Waals surface area contributed by atoms with E-state index >= 15 is 0 Å². The lowest BCUT2D eigenvalue weighted by Gasteiger charge is -2.14. The van der Waals surface area contributed by atoms with Crippen LogP contribution in [0.2, 0.25) is 0 Å². The van der Waals surface area contributed by atoms with Gasteiger partial charge in [0.2, 0.25) is 0 Å². The fourth-order valence-corrected chi connectivity index (χ4v) is 4.07. The van der Waals surface area contributed by atoms with Crippen LogP contribution in [0.4, 0.5) is 0 Å². The van der Waals surface area contributed by atoms with Gasteiger partial charge in [0.1, 0.15) is 0 Å². The maximum Gasteiger partial charge on any atom is 0.336 e. The van der Waals surface area contributed by atoms with Crippen LogP contribution in [0.1, 0.15) is 57.8 Å². The minimum atomic E-state index is -0.459. The van der Waals surface area contributed by atoms with Gasteiger partial charge in [-0.1, -0.05) is 67.1 Å². The molecule has 0 fully saturated rings. The molecule has 0 aliphatic carbocycles. The molecule has 0 aliphatic heterocycles. The zero-order valence-corrected chi connectivity index (χ0v) is 20.6. The van der Waals surface area contributed by atoms with Crippen LogP contribution in [-0.2, 0) is 19.6 Å². The summed E-state index contributed by atoms with van der Waals surface area (Å²) in [5.74, 6) is 0. The van der Waals surface area contributed by atoms with Crippen molar-refractivity contribution in [2.75, 3.05) is 16.0 Å². The third-order valence-electron chi connectivity index (χ3n) is 4.43. The van der Waals surface area contributed by atoms with Crippen LogP contribution < -0.4 is 17.1 Å². The summed E-state index contributed by atoms with van der Waals surface area (Å²) >= 11 is 10.2. The standard InChI is InChI=1S/C18H30Br3N3O3/c19-10-4-1-7-13-22-16(25)23(14-8-2-5-11-20)18(27)24(17(22)26)15-9-3-6-12-21/h1-15H2. The molecule has 0 saturated carbocycles. The lowest BCUT2D eigenvalue weighted by atomic mass is 10.2. The second-order valence-electron chi connectivity index (χ2n) is 6.55. The lowest BCUT2D eigenvalue weighted by molar-refractivity contribution is 0.417. The summed E-state index contributed by atoms with van der Waals surface area (Å²) in [5.41, 5.74) is -1.38. The molecule has 6 nitrogen and oxygen atoms in total. The van der Waals surface area contributed by atoms with Crippen molar-refractivity contribution >= 4 is 47.8 Å². The van der Waals surface area contributed by atoms with Crippen molar-refractivity contribution in [3.63, 3.8) is 0 Å². The molecule has 1 aromatic heterocycles. The van der Waals surface area contributed by atoms with Crippen molar-refractivity contribution in [3.8, 4) is 0 Å². The van der Waals surface area contributed by atoms with Gasteiger partial charge < -0.3 is 0 Å². The first-order chi connectivity index (χ1) is 13.1.